The second-order valence-electron chi connectivity index (χ2n) is 2.91. The summed E-state index contributed by atoms with van der Waals surface area (Å²) in [6.07, 6.45) is 0.801. The molecule has 0 aromatic carbocycles. The Bertz CT molecular complexity index is 240. The Balaban J connectivity index is 3.39. The summed E-state index contributed by atoms with van der Waals surface area (Å²) in [5.74, 6) is -0.868. The second kappa shape index (κ2) is 7.78. The summed E-state index contributed by atoms with van der Waals surface area (Å²) in [6, 6.07) is 0. The molecule has 0 aliphatic carbocycles. The van der Waals surface area contributed by atoms with Crippen LogP contribution in [0.15, 0.2) is 0 Å². The Kier molecular flexibility index (Phi) is 6.96. The number of amides is 2. The van der Waals surface area contributed by atoms with Gasteiger partial charge in [0.15, 0.2) is 0 Å². The summed E-state index contributed by atoms with van der Waals surface area (Å²) >= 11 is 0. The Hall–Kier alpha value is -1.59. The summed E-state index contributed by atoms with van der Waals surface area (Å²) in [5, 5.41) is 4.77. The van der Waals surface area contributed by atoms with Crippen molar-refractivity contribution in [2.75, 3.05) is 20.2 Å². The van der Waals surface area contributed by atoms with Crippen LogP contribution in [-0.4, -0.2) is 38.0 Å². The van der Waals surface area contributed by atoms with Crippen LogP contribution in [0, 0.1) is 0 Å². The normalized spacial score (nSPS) is 9.20. The van der Waals surface area contributed by atoms with Gasteiger partial charge in [0.25, 0.3) is 0 Å². The minimum atomic E-state index is -0.498. The lowest BCUT2D eigenvalue weighted by molar-refractivity contribution is -0.144. The predicted molar refractivity (Wildman–Crippen MR) is 52.9 cm³/mol. The van der Waals surface area contributed by atoms with Gasteiger partial charge in [-0.1, -0.05) is 0 Å². The lowest BCUT2D eigenvalue weighted by Crippen LogP contribution is -2.28. The molecular formula is C9H16N2O4. The maximum atomic E-state index is 10.9. The van der Waals surface area contributed by atoms with Crippen molar-refractivity contribution in [2.24, 2.45) is 0 Å². The van der Waals surface area contributed by atoms with Gasteiger partial charge in [-0.05, 0) is 6.42 Å². The fourth-order valence-corrected chi connectivity index (χ4v) is 0.791. The zero-order valence-electron chi connectivity index (χ0n) is 8.96. The van der Waals surface area contributed by atoms with Gasteiger partial charge in [-0.3, -0.25) is 14.4 Å². The van der Waals surface area contributed by atoms with E-state index in [1.165, 1.54) is 6.92 Å². The molecule has 0 atom stereocenters. The van der Waals surface area contributed by atoms with Crippen molar-refractivity contribution in [2.45, 2.75) is 19.8 Å². The molecule has 0 aliphatic rings. The highest BCUT2D eigenvalue weighted by molar-refractivity contribution is 5.80. The molecule has 2 amide bonds. The highest BCUT2D eigenvalue weighted by atomic mass is 16.5. The molecule has 86 valence electrons. The Morgan fingerprint density at radius 2 is 1.93 bits per heavy atom. The fourth-order valence-electron chi connectivity index (χ4n) is 0.791. The molecular weight excluding hydrogens is 200 g/mol. The molecule has 0 fully saturated rings. The summed E-state index contributed by atoms with van der Waals surface area (Å²) in [6.45, 7) is 1.38. The first kappa shape index (κ1) is 13.4. The molecule has 0 saturated heterocycles. The molecule has 2 N–H and O–H groups in total. The Labute approximate surface area is 88.4 Å². The summed E-state index contributed by atoms with van der Waals surface area (Å²) in [5.41, 5.74) is 0. The van der Waals surface area contributed by atoms with Crippen molar-refractivity contribution in [1.29, 1.82) is 0 Å². The number of carbonyl (C=O) groups is 3. The molecule has 0 heterocycles. The molecule has 0 bridgehead atoms. The van der Waals surface area contributed by atoms with E-state index in [9.17, 15) is 14.4 Å². The highest BCUT2D eigenvalue weighted by Gasteiger charge is 2.03. The van der Waals surface area contributed by atoms with Crippen molar-refractivity contribution >= 4 is 17.8 Å². The van der Waals surface area contributed by atoms with Crippen LogP contribution in [0.4, 0.5) is 0 Å². The third kappa shape index (κ3) is 8.73. The average Bonchev–Trinajstić information content (AvgIpc) is 2.21. The van der Waals surface area contributed by atoms with Crippen LogP contribution in [-0.2, 0) is 19.1 Å². The molecule has 0 spiro atoms. The third-order valence-corrected chi connectivity index (χ3v) is 1.57. The van der Waals surface area contributed by atoms with E-state index in [0.717, 1.165) is 0 Å². The number of hydrogen-bond acceptors (Lipinski definition) is 4. The van der Waals surface area contributed by atoms with E-state index in [0.29, 0.717) is 12.8 Å². The molecule has 0 aromatic rings. The number of nitrogens with one attached hydrogen (secondary N) is 2. The maximum absolute atomic E-state index is 10.9. The minimum Gasteiger partial charge on any atom is -0.464 e. The first-order chi connectivity index (χ1) is 7.06. The smallest absolute Gasteiger partial charge is 0.325 e. The molecule has 0 radical (unpaired) electrons. The van der Waals surface area contributed by atoms with E-state index in [1.54, 1.807) is 7.05 Å². The standard InChI is InChI=1S/C9H16N2O4/c1-7(12)11-6-9(14)15-5-3-4-8(13)10-2/h3-6H2,1-2H3,(H,10,13)(H,11,12). The van der Waals surface area contributed by atoms with E-state index in [-0.39, 0.29) is 25.0 Å². The van der Waals surface area contributed by atoms with E-state index < -0.39 is 5.97 Å². The SMILES string of the molecule is CNC(=O)CCCOC(=O)CNC(C)=O. The van der Waals surface area contributed by atoms with Gasteiger partial charge in [-0.25, -0.2) is 0 Å². The lowest BCUT2D eigenvalue weighted by atomic mass is 10.3. The highest BCUT2D eigenvalue weighted by Crippen LogP contribution is 1.90. The van der Waals surface area contributed by atoms with Crippen LogP contribution in [0.25, 0.3) is 0 Å². The Morgan fingerprint density at radius 3 is 2.47 bits per heavy atom. The van der Waals surface area contributed by atoms with Crippen molar-refractivity contribution in [3.63, 3.8) is 0 Å². The van der Waals surface area contributed by atoms with Crippen LogP contribution < -0.4 is 10.6 Å². The summed E-state index contributed by atoms with van der Waals surface area (Å²) in [7, 11) is 1.55. The monoisotopic (exact) mass is 216 g/mol. The summed E-state index contributed by atoms with van der Waals surface area (Å²) in [4.78, 5) is 32.1. The molecule has 6 heteroatoms. The quantitative estimate of drug-likeness (QED) is 0.449. The van der Waals surface area contributed by atoms with Gasteiger partial charge in [-0.15, -0.1) is 0 Å². The van der Waals surface area contributed by atoms with E-state index >= 15 is 0 Å². The zero-order chi connectivity index (χ0) is 11.7. The van der Waals surface area contributed by atoms with Crippen LogP contribution in [0.1, 0.15) is 19.8 Å². The first-order valence-electron chi connectivity index (χ1n) is 4.67. The minimum absolute atomic E-state index is 0.0899. The molecule has 6 nitrogen and oxygen atoms in total. The van der Waals surface area contributed by atoms with Crippen LogP contribution >= 0.6 is 0 Å². The largest absolute Gasteiger partial charge is 0.464 e. The van der Waals surface area contributed by atoms with Gasteiger partial charge in [-0.2, -0.15) is 0 Å². The van der Waals surface area contributed by atoms with E-state index in [4.69, 9.17) is 4.74 Å². The lowest BCUT2D eigenvalue weighted by Gasteiger charge is -2.04. The number of rotatable bonds is 6. The Morgan fingerprint density at radius 1 is 1.27 bits per heavy atom. The van der Waals surface area contributed by atoms with E-state index in [1.807, 2.05) is 0 Å². The van der Waals surface area contributed by atoms with Gasteiger partial charge in [0.1, 0.15) is 6.54 Å². The predicted octanol–water partition coefficient (Wildman–Crippen LogP) is -0.808. The number of ether oxygens (including phenoxy) is 1. The topological polar surface area (TPSA) is 84.5 Å². The van der Waals surface area contributed by atoms with Crippen molar-refractivity contribution in [1.82, 2.24) is 10.6 Å². The van der Waals surface area contributed by atoms with Gasteiger partial charge < -0.3 is 15.4 Å². The van der Waals surface area contributed by atoms with Crippen molar-refractivity contribution < 1.29 is 19.1 Å². The zero-order valence-corrected chi connectivity index (χ0v) is 8.96. The fraction of sp³-hybridized carbons (Fsp3) is 0.667. The van der Waals surface area contributed by atoms with E-state index in [2.05, 4.69) is 10.6 Å². The van der Waals surface area contributed by atoms with Gasteiger partial charge >= 0.3 is 5.97 Å². The maximum Gasteiger partial charge on any atom is 0.325 e. The van der Waals surface area contributed by atoms with Crippen molar-refractivity contribution in [3.8, 4) is 0 Å². The van der Waals surface area contributed by atoms with Crippen LogP contribution in [0.5, 0.6) is 0 Å². The van der Waals surface area contributed by atoms with Gasteiger partial charge in [0, 0.05) is 20.4 Å². The second-order valence-corrected chi connectivity index (χ2v) is 2.91. The molecule has 0 aromatic heterocycles. The van der Waals surface area contributed by atoms with Crippen molar-refractivity contribution in [3.05, 3.63) is 0 Å². The molecule has 15 heavy (non-hydrogen) atoms. The van der Waals surface area contributed by atoms with Crippen LogP contribution in [0.2, 0.25) is 0 Å². The third-order valence-electron chi connectivity index (χ3n) is 1.57. The number of esters is 1. The number of carbonyl (C=O) groups excluding carboxylic acids is 3. The summed E-state index contributed by atoms with van der Waals surface area (Å²) < 4.78 is 4.75. The molecule has 0 saturated carbocycles. The molecule has 0 aliphatic heterocycles. The van der Waals surface area contributed by atoms with Crippen LogP contribution in [0.3, 0.4) is 0 Å². The first-order valence-corrected chi connectivity index (χ1v) is 4.67. The van der Waals surface area contributed by atoms with Gasteiger partial charge in [0.2, 0.25) is 11.8 Å². The average molecular weight is 216 g/mol. The number of hydrogen-bond donors (Lipinski definition) is 2. The molecule has 0 rings (SSSR count). The molecule has 0 unspecified atom stereocenters. The van der Waals surface area contributed by atoms with Gasteiger partial charge in [0.05, 0.1) is 6.61 Å².